The van der Waals surface area contributed by atoms with Gasteiger partial charge in [0.1, 0.15) is 0 Å². The highest BCUT2D eigenvalue weighted by atomic mass is 16.5. The lowest BCUT2D eigenvalue weighted by Gasteiger charge is -2.21. The van der Waals surface area contributed by atoms with Crippen molar-refractivity contribution in [2.24, 2.45) is 0 Å². The average molecular weight is 148 g/mol. The molecular weight excluding hydrogens is 132 g/mol. The zero-order chi connectivity index (χ0) is 7.98. The van der Waals surface area contributed by atoms with Crippen LogP contribution in [0.15, 0.2) is 0 Å². The molecule has 0 radical (unpaired) electrons. The summed E-state index contributed by atoms with van der Waals surface area (Å²) < 4.78 is 0. The third-order valence-corrected chi connectivity index (χ3v) is 1.38. The summed E-state index contributed by atoms with van der Waals surface area (Å²) in [5.74, 6) is 0. The molecule has 0 bridgehead atoms. The second-order valence-electron chi connectivity index (χ2n) is 2.45. The van der Waals surface area contributed by atoms with E-state index in [9.17, 15) is 10.4 Å². The highest BCUT2D eigenvalue weighted by molar-refractivity contribution is 4.30. The van der Waals surface area contributed by atoms with Gasteiger partial charge in [-0.2, -0.15) is 0 Å². The van der Waals surface area contributed by atoms with Gasteiger partial charge in [0.2, 0.25) is 0 Å². The quantitative estimate of drug-likeness (QED) is 0.434. The van der Waals surface area contributed by atoms with Gasteiger partial charge in [-0.15, -0.1) is 0 Å². The molecule has 0 saturated heterocycles. The predicted octanol–water partition coefficient (Wildman–Crippen LogP) is -2.21. The smallest absolute Gasteiger partial charge is 0.0822 e. The van der Waals surface area contributed by atoms with Crippen molar-refractivity contribution in [3.63, 3.8) is 0 Å². The molecule has 2 N–H and O–H groups in total. The number of hydroxylamine groups is 4. The van der Waals surface area contributed by atoms with Crippen molar-refractivity contribution in [2.75, 3.05) is 26.7 Å². The Labute approximate surface area is 61.6 Å². The van der Waals surface area contributed by atoms with Gasteiger partial charge in [0.25, 0.3) is 0 Å². The molecule has 0 aliphatic rings. The van der Waals surface area contributed by atoms with Gasteiger partial charge in [0, 0.05) is 6.42 Å². The molecule has 0 aromatic carbocycles. The highest BCUT2D eigenvalue weighted by Gasteiger charge is 1.94. The summed E-state index contributed by atoms with van der Waals surface area (Å²) in [6.07, 6.45) is 0.724. The van der Waals surface area contributed by atoms with E-state index in [2.05, 4.69) is 0 Å². The van der Waals surface area contributed by atoms with Crippen LogP contribution >= 0.6 is 0 Å². The van der Waals surface area contributed by atoms with Crippen LogP contribution in [0, 0.1) is 10.4 Å². The molecule has 0 spiro atoms. The monoisotopic (exact) mass is 148 g/mol. The Morgan fingerprint density at radius 3 is 2.20 bits per heavy atom. The molecule has 4 heteroatoms. The van der Waals surface area contributed by atoms with Crippen molar-refractivity contribution >= 4 is 0 Å². The van der Waals surface area contributed by atoms with E-state index in [0.29, 0.717) is 19.6 Å². The number of hydrogen-bond donors (Lipinski definition) is 2. The molecule has 62 valence electrons. The van der Waals surface area contributed by atoms with Crippen LogP contribution < -0.4 is 10.1 Å². The second kappa shape index (κ2) is 5.61. The molecule has 4 nitrogen and oxygen atoms in total. The van der Waals surface area contributed by atoms with Crippen LogP contribution in [0.3, 0.4) is 0 Å². The largest absolute Gasteiger partial charge is 0.634 e. The summed E-state index contributed by atoms with van der Waals surface area (Å²) in [6, 6.07) is 0. The van der Waals surface area contributed by atoms with Gasteiger partial charge in [-0.25, -0.2) is 0 Å². The first-order valence-corrected chi connectivity index (χ1v) is 3.68. The first-order valence-electron chi connectivity index (χ1n) is 3.68. The maximum Gasteiger partial charge on any atom is 0.0822 e. The second-order valence-corrected chi connectivity index (χ2v) is 2.45. The van der Waals surface area contributed by atoms with Gasteiger partial charge >= 0.3 is 0 Å². The lowest BCUT2D eigenvalue weighted by Crippen LogP contribution is -3.08. The Morgan fingerprint density at radius 1 is 1.20 bits per heavy atom. The zero-order valence-corrected chi connectivity index (χ0v) is 6.64. The maximum absolute atomic E-state index is 10.7. The Hall–Kier alpha value is -0.160. The minimum Gasteiger partial charge on any atom is -0.634 e. The van der Waals surface area contributed by atoms with E-state index >= 15 is 0 Å². The lowest BCUT2D eigenvalue weighted by molar-refractivity contribution is -0.859. The van der Waals surface area contributed by atoms with Crippen LogP contribution in [0.1, 0.15) is 13.3 Å². The molecule has 0 rings (SSSR count). The summed E-state index contributed by atoms with van der Waals surface area (Å²) >= 11 is 0. The Kier molecular flexibility index (Phi) is 5.52. The zero-order valence-electron chi connectivity index (χ0n) is 6.64. The van der Waals surface area contributed by atoms with Crippen LogP contribution in [0.4, 0.5) is 0 Å². The molecular formula is C6H16N2O2. The summed E-state index contributed by atoms with van der Waals surface area (Å²) in [4.78, 5) is 0. The fraction of sp³-hybridized carbons (Fsp3) is 1.00. The van der Waals surface area contributed by atoms with Crippen LogP contribution in [0.2, 0.25) is 0 Å². The summed E-state index contributed by atoms with van der Waals surface area (Å²) in [5.41, 5.74) is 0. The van der Waals surface area contributed by atoms with Crippen molar-refractivity contribution in [1.29, 1.82) is 0 Å². The number of rotatable bonds is 5. The van der Waals surface area contributed by atoms with Gasteiger partial charge in [-0.3, -0.25) is 0 Å². The molecule has 0 aromatic rings. The van der Waals surface area contributed by atoms with Crippen molar-refractivity contribution in [3.8, 4) is 0 Å². The van der Waals surface area contributed by atoms with E-state index in [4.69, 9.17) is 0 Å². The predicted molar refractivity (Wildman–Crippen MR) is 39.5 cm³/mol. The molecule has 10 heavy (non-hydrogen) atoms. The maximum atomic E-state index is 10.7. The summed E-state index contributed by atoms with van der Waals surface area (Å²) in [5, 5.41) is 21.5. The van der Waals surface area contributed by atoms with Gasteiger partial charge < -0.3 is 20.5 Å². The van der Waals surface area contributed by atoms with Crippen LogP contribution in [0.25, 0.3) is 0 Å². The van der Waals surface area contributed by atoms with E-state index in [1.165, 1.54) is 0 Å². The summed E-state index contributed by atoms with van der Waals surface area (Å²) in [7, 11) is 1.55. The van der Waals surface area contributed by atoms with Crippen LogP contribution in [-0.4, -0.2) is 26.7 Å². The Bertz CT molecular complexity index is 78.1. The van der Waals surface area contributed by atoms with E-state index in [1.807, 2.05) is 6.92 Å². The molecule has 0 aromatic heterocycles. The molecule has 0 aliphatic heterocycles. The minimum absolute atomic E-state index is 0.170. The third-order valence-electron chi connectivity index (χ3n) is 1.38. The van der Waals surface area contributed by atoms with Gasteiger partial charge in [-0.1, -0.05) is 0 Å². The molecule has 0 amide bonds. The first kappa shape index (κ1) is 9.84. The normalized spacial score (nSPS) is 16.8. The molecule has 0 fully saturated rings. The van der Waals surface area contributed by atoms with Crippen molar-refractivity contribution in [1.82, 2.24) is 0 Å². The van der Waals surface area contributed by atoms with E-state index < -0.39 is 0 Å². The van der Waals surface area contributed by atoms with Gasteiger partial charge in [0.05, 0.1) is 26.7 Å². The minimum atomic E-state index is 0.170. The fourth-order valence-corrected chi connectivity index (χ4v) is 0.711. The topological polar surface area (TPSA) is 55.0 Å². The van der Waals surface area contributed by atoms with Gasteiger partial charge in [-0.05, 0) is 6.92 Å². The Balaban J connectivity index is 3.03. The lowest BCUT2D eigenvalue weighted by atomic mass is 10.4. The first-order chi connectivity index (χ1) is 4.66. The fourth-order valence-electron chi connectivity index (χ4n) is 0.711. The van der Waals surface area contributed by atoms with Crippen molar-refractivity contribution in [3.05, 3.63) is 10.4 Å². The van der Waals surface area contributed by atoms with Crippen LogP contribution in [0.5, 0.6) is 0 Å². The molecule has 2 atom stereocenters. The molecule has 0 heterocycles. The molecule has 0 saturated carbocycles. The van der Waals surface area contributed by atoms with E-state index in [1.54, 1.807) is 7.05 Å². The molecule has 0 aliphatic carbocycles. The number of nitrogens with one attached hydrogen (secondary N) is 2. The van der Waals surface area contributed by atoms with Crippen molar-refractivity contribution < 1.29 is 10.1 Å². The Morgan fingerprint density at radius 2 is 1.80 bits per heavy atom. The SMILES string of the molecule is CC[NH+]([O-])CCC[NH+](C)[O-]. The summed E-state index contributed by atoms with van der Waals surface area (Å²) in [6.45, 7) is 3.55. The van der Waals surface area contributed by atoms with Crippen molar-refractivity contribution in [2.45, 2.75) is 13.3 Å². The average Bonchev–Trinajstić information content (AvgIpc) is 1.87. The number of quaternary nitrogens is 2. The molecule has 2 unspecified atom stereocenters. The van der Waals surface area contributed by atoms with Crippen LogP contribution in [-0.2, 0) is 0 Å². The van der Waals surface area contributed by atoms with E-state index in [-0.39, 0.29) is 10.1 Å². The number of hydrogen-bond acceptors (Lipinski definition) is 2. The standard InChI is InChI=1S/C6H16N2O2/c1-3-8(10)6-4-5-7(2)9/h7-8H,3-6H2,1-2H3. The van der Waals surface area contributed by atoms with E-state index in [0.717, 1.165) is 6.42 Å². The highest BCUT2D eigenvalue weighted by Crippen LogP contribution is 1.62. The third kappa shape index (κ3) is 5.97. The van der Waals surface area contributed by atoms with Gasteiger partial charge in [0.15, 0.2) is 0 Å².